The molecule has 2 aliphatic rings. The molecule has 1 aromatic carbocycles. The molecule has 0 unspecified atom stereocenters. The van der Waals surface area contributed by atoms with Crippen molar-refractivity contribution in [1.82, 2.24) is 14.9 Å². The summed E-state index contributed by atoms with van der Waals surface area (Å²) in [5.74, 6) is 1.04. The molecule has 1 aromatic heterocycles. The highest BCUT2D eigenvalue weighted by atomic mass is 32.2. The smallest absolute Gasteiger partial charge is 0.262 e. The number of anilines is 1. The lowest BCUT2D eigenvalue weighted by atomic mass is 10.2. The van der Waals surface area contributed by atoms with Gasteiger partial charge in [0.05, 0.1) is 16.7 Å². The number of hydrogen-bond donors (Lipinski definition) is 2. The molecule has 0 saturated carbocycles. The maximum absolute atomic E-state index is 12.6. The highest BCUT2D eigenvalue weighted by Crippen LogP contribution is 2.32. The van der Waals surface area contributed by atoms with E-state index < -0.39 is 10.0 Å². The van der Waals surface area contributed by atoms with Crippen LogP contribution in [0.5, 0.6) is 5.75 Å². The van der Waals surface area contributed by atoms with Gasteiger partial charge in [-0.1, -0.05) is 5.16 Å². The maximum atomic E-state index is 12.6. The Kier molecular flexibility index (Phi) is 4.58. The highest BCUT2D eigenvalue weighted by molar-refractivity contribution is 7.89. The summed E-state index contributed by atoms with van der Waals surface area (Å²) in [7, 11) is -3.76. The van der Waals surface area contributed by atoms with Crippen LogP contribution in [0.3, 0.4) is 0 Å². The van der Waals surface area contributed by atoms with E-state index in [-0.39, 0.29) is 36.2 Å². The molecule has 2 atom stereocenters. The summed E-state index contributed by atoms with van der Waals surface area (Å²) in [6, 6.07) is 4.32. The quantitative estimate of drug-likeness (QED) is 0.764. The van der Waals surface area contributed by atoms with Crippen LogP contribution in [0.15, 0.2) is 27.6 Å². The van der Waals surface area contributed by atoms with E-state index in [1.54, 1.807) is 6.92 Å². The van der Waals surface area contributed by atoms with Gasteiger partial charge in [0.2, 0.25) is 10.0 Å². The monoisotopic (exact) mass is 394 g/mol. The molecule has 144 valence electrons. The average Bonchev–Trinajstić information content (AvgIpc) is 3.28. The first kappa shape index (κ1) is 17.9. The van der Waals surface area contributed by atoms with E-state index in [9.17, 15) is 13.2 Å². The second-order valence-electron chi connectivity index (χ2n) is 6.35. The number of benzene rings is 1. The number of fused-ring (bicyclic) bond motifs is 1. The van der Waals surface area contributed by atoms with Gasteiger partial charge < -0.3 is 19.3 Å². The van der Waals surface area contributed by atoms with Gasteiger partial charge in [-0.05, 0) is 38.0 Å². The molecule has 1 fully saturated rings. The van der Waals surface area contributed by atoms with Gasteiger partial charge in [0.1, 0.15) is 11.9 Å². The van der Waals surface area contributed by atoms with Crippen LogP contribution in [0.25, 0.3) is 0 Å². The van der Waals surface area contributed by atoms with Gasteiger partial charge >= 0.3 is 0 Å². The largest absolute Gasteiger partial charge is 0.482 e. The first-order chi connectivity index (χ1) is 12.9. The molecule has 0 spiro atoms. The van der Waals surface area contributed by atoms with Crippen LogP contribution in [0.4, 0.5) is 5.69 Å². The zero-order chi connectivity index (χ0) is 19.0. The minimum atomic E-state index is -3.76. The van der Waals surface area contributed by atoms with E-state index in [0.717, 1.165) is 0 Å². The number of sulfonamides is 1. The van der Waals surface area contributed by atoms with Crippen LogP contribution in [-0.4, -0.2) is 43.7 Å². The van der Waals surface area contributed by atoms with Crippen molar-refractivity contribution in [2.24, 2.45) is 0 Å². The zero-order valence-electron chi connectivity index (χ0n) is 14.5. The number of carbonyl (C=O) groups is 1. The van der Waals surface area contributed by atoms with Crippen molar-refractivity contribution in [3.8, 4) is 5.75 Å². The van der Waals surface area contributed by atoms with Crippen molar-refractivity contribution in [3.05, 3.63) is 29.9 Å². The third-order valence-electron chi connectivity index (χ3n) is 4.32. The number of amides is 1. The molecule has 0 aliphatic carbocycles. The fourth-order valence-electron chi connectivity index (χ4n) is 3.00. The molecule has 10 nitrogen and oxygen atoms in total. The predicted molar refractivity (Wildman–Crippen MR) is 91.6 cm³/mol. The number of ether oxygens (including phenoxy) is 2. The van der Waals surface area contributed by atoms with Crippen LogP contribution in [-0.2, 0) is 19.6 Å². The summed E-state index contributed by atoms with van der Waals surface area (Å²) in [5, 5.41) is 6.33. The Hall–Kier alpha value is -2.50. The Balaban J connectivity index is 1.39. The second kappa shape index (κ2) is 6.91. The Bertz CT molecular complexity index is 973. The number of carbonyl (C=O) groups excluding carboxylic acids is 1. The first-order valence-corrected chi connectivity index (χ1v) is 9.91. The van der Waals surface area contributed by atoms with Gasteiger partial charge in [0.25, 0.3) is 11.8 Å². The molecule has 2 N–H and O–H groups in total. The normalized spacial score (nSPS) is 22.2. The Labute approximate surface area is 155 Å². The Morgan fingerprint density at radius 2 is 2.19 bits per heavy atom. The topological polar surface area (TPSA) is 133 Å². The number of rotatable bonds is 5. The van der Waals surface area contributed by atoms with Crippen molar-refractivity contribution in [2.75, 3.05) is 18.5 Å². The lowest BCUT2D eigenvalue weighted by molar-refractivity contribution is -0.118. The van der Waals surface area contributed by atoms with Crippen molar-refractivity contribution in [1.29, 1.82) is 0 Å². The summed E-state index contributed by atoms with van der Waals surface area (Å²) >= 11 is 0. The summed E-state index contributed by atoms with van der Waals surface area (Å²) < 4.78 is 43.8. The first-order valence-electron chi connectivity index (χ1n) is 8.43. The lowest BCUT2D eigenvalue weighted by Gasteiger charge is -2.19. The van der Waals surface area contributed by atoms with Crippen LogP contribution in [0.2, 0.25) is 0 Å². The van der Waals surface area contributed by atoms with Crippen molar-refractivity contribution < 1.29 is 27.2 Å². The Morgan fingerprint density at radius 3 is 2.96 bits per heavy atom. The zero-order valence-corrected chi connectivity index (χ0v) is 15.3. The molecule has 0 bridgehead atoms. The molecular weight excluding hydrogens is 376 g/mol. The van der Waals surface area contributed by atoms with Gasteiger partial charge in [-0.3, -0.25) is 4.79 Å². The van der Waals surface area contributed by atoms with E-state index in [1.165, 1.54) is 18.2 Å². The summed E-state index contributed by atoms with van der Waals surface area (Å²) in [6.07, 6.45) is 0.730. The second-order valence-corrected chi connectivity index (χ2v) is 8.12. The minimum Gasteiger partial charge on any atom is -0.482 e. The van der Waals surface area contributed by atoms with Crippen LogP contribution in [0, 0.1) is 6.92 Å². The SMILES string of the molecule is Cc1noc([C@@H]2CC[C@H](CNS(=O)(=O)c3ccc4c(c3)NC(=O)CO4)O2)n1. The molecule has 4 rings (SSSR count). The number of nitrogens with one attached hydrogen (secondary N) is 2. The van der Waals surface area contributed by atoms with Gasteiger partial charge in [-0.2, -0.15) is 4.98 Å². The molecule has 1 saturated heterocycles. The van der Waals surface area contributed by atoms with Gasteiger partial charge in [-0.15, -0.1) is 0 Å². The maximum Gasteiger partial charge on any atom is 0.262 e. The highest BCUT2D eigenvalue weighted by Gasteiger charge is 2.31. The minimum absolute atomic E-state index is 0.0362. The number of aryl methyl sites for hydroxylation is 1. The number of aromatic nitrogens is 2. The van der Waals surface area contributed by atoms with Gasteiger partial charge in [0.15, 0.2) is 12.4 Å². The molecule has 0 radical (unpaired) electrons. The van der Waals surface area contributed by atoms with E-state index in [4.69, 9.17) is 14.0 Å². The van der Waals surface area contributed by atoms with Crippen molar-refractivity contribution in [2.45, 2.75) is 36.9 Å². The van der Waals surface area contributed by atoms with Crippen LogP contribution >= 0.6 is 0 Å². The summed E-state index contributed by atoms with van der Waals surface area (Å²) in [5.41, 5.74) is 0.332. The predicted octanol–water partition coefficient (Wildman–Crippen LogP) is 0.908. The number of hydrogen-bond acceptors (Lipinski definition) is 8. The molecule has 2 aliphatic heterocycles. The van der Waals surface area contributed by atoms with E-state index in [0.29, 0.717) is 36.0 Å². The van der Waals surface area contributed by atoms with Crippen molar-refractivity contribution in [3.63, 3.8) is 0 Å². The fraction of sp³-hybridized carbons (Fsp3) is 0.438. The van der Waals surface area contributed by atoms with E-state index >= 15 is 0 Å². The van der Waals surface area contributed by atoms with Crippen LogP contribution in [0.1, 0.15) is 30.7 Å². The molecule has 3 heterocycles. The number of nitrogens with zero attached hydrogens (tertiary/aromatic N) is 2. The Morgan fingerprint density at radius 1 is 1.33 bits per heavy atom. The summed E-state index contributed by atoms with van der Waals surface area (Å²) in [4.78, 5) is 15.6. The fourth-order valence-corrected chi connectivity index (χ4v) is 4.09. The molecule has 27 heavy (non-hydrogen) atoms. The van der Waals surface area contributed by atoms with Crippen LogP contribution < -0.4 is 14.8 Å². The average molecular weight is 394 g/mol. The lowest BCUT2D eigenvalue weighted by Crippen LogP contribution is -2.32. The molecule has 11 heteroatoms. The summed E-state index contributed by atoms with van der Waals surface area (Å²) in [6.45, 7) is 1.75. The molecular formula is C16H18N4O6S. The van der Waals surface area contributed by atoms with Gasteiger partial charge in [-0.25, -0.2) is 13.1 Å². The molecule has 1 amide bonds. The van der Waals surface area contributed by atoms with Gasteiger partial charge in [0, 0.05) is 6.54 Å². The van der Waals surface area contributed by atoms with Crippen molar-refractivity contribution >= 4 is 21.6 Å². The third-order valence-corrected chi connectivity index (χ3v) is 5.74. The third kappa shape index (κ3) is 3.80. The standard InChI is InChI=1S/C16H18N4O6S/c1-9-18-16(26-20-9)14-4-2-10(25-14)7-17-27(22,23)11-3-5-13-12(6-11)19-15(21)8-24-13/h3,5-6,10,14,17H,2,4,7-8H2,1H3,(H,19,21)/t10-,14+/m1/s1. The van der Waals surface area contributed by atoms with E-state index in [1.807, 2.05) is 0 Å². The molecule has 2 aromatic rings. The van der Waals surface area contributed by atoms with E-state index in [2.05, 4.69) is 20.2 Å².